The Labute approximate surface area is 137 Å². The van der Waals surface area contributed by atoms with Gasteiger partial charge >= 0.3 is 0 Å². The zero-order valence-corrected chi connectivity index (χ0v) is 14.8. The molecule has 0 saturated carbocycles. The molecule has 6 nitrogen and oxygen atoms in total. The van der Waals surface area contributed by atoms with E-state index in [-0.39, 0.29) is 22.9 Å². The molecule has 1 saturated heterocycles. The number of nitrogens with one attached hydrogen (secondary N) is 1. The van der Waals surface area contributed by atoms with E-state index in [1.165, 1.54) is 12.1 Å². The van der Waals surface area contributed by atoms with Crippen molar-refractivity contribution in [1.29, 1.82) is 0 Å². The highest BCUT2D eigenvalue weighted by molar-refractivity contribution is 7.89. The molecule has 1 N–H and O–H groups in total. The number of hydrogen-bond acceptors (Lipinski definition) is 4. The molecule has 1 aliphatic heterocycles. The minimum atomic E-state index is -3.62. The molecule has 2 rings (SSSR count). The van der Waals surface area contributed by atoms with Gasteiger partial charge in [0.15, 0.2) is 0 Å². The predicted octanol–water partition coefficient (Wildman–Crippen LogP) is 1.54. The number of nitrogens with zero attached hydrogens (tertiary/aromatic N) is 1. The second kappa shape index (κ2) is 6.98. The van der Waals surface area contributed by atoms with Crippen LogP contribution >= 0.6 is 0 Å². The number of rotatable bonds is 4. The van der Waals surface area contributed by atoms with Crippen LogP contribution in [0.1, 0.15) is 36.7 Å². The highest BCUT2D eigenvalue weighted by Crippen LogP contribution is 2.19. The number of ether oxygens (including phenoxy) is 1. The predicted molar refractivity (Wildman–Crippen MR) is 88.0 cm³/mol. The van der Waals surface area contributed by atoms with Gasteiger partial charge in [-0.2, -0.15) is 0 Å². The molecule has 0 aromatic heterocycles. The van der Waals surface area contributed by atoms with E-state index in [1.807, 2.05) is 13.8 Å². The Morgan fingerprint density at radius 2 is 2.09 bits per heavy atom. The van der Waals surface area contributed by atoms with Gasteiger partial charge in [-0.3, -0.25) is 4.79 Å². The quantitative estimate of drug-likeness (QED) is 0.902. The molecule has 0 aliphatic carbocycles. The van der Waals surface area contributed by atoms with Gasteiger partial charge < -0.3 is 9.64 Å². The molecule has 1 aromatic carbocycles. The van der Waals surface area contributed by atoms with Gasteiger partial charge in [0.05, 0.1) is 17.6 Å². The largest absolute Gasteiger partial charge is 0.375 e. The summed E-state index contributed by atoms with van der Waals surface area (Å²) in [4.78, 5) is 14.5. The standard InChI is InChI=1S/C16H24N2O4S/c1-11(2)17-23(20,21)14-6-5-12(3)15(9-14)16(19)18-7-8-22-13(4)10-18/h5-6,9,11,13,17H,7-8,10H2,1-4H3. The van der Waals surface area contributed by atoms with E-state index in [4.69, 9.17) is 4.74 Å². The van der Waals surface area contributed by atoms with Gasteiger partial charge in [0.2, 0.25) is 10.0 Å². The van der Waals surface area contributed by atoms with Crippen LogP contribution in [-0.4, -0.2) is 51.1 Å². The molecule has 1 aliphatic rings. The van der Waals surface area contributed by atoms with E-state index in [9.17, 15) is 13.2 Å². The molecular formula is C16H24N2O4S. The van der Waals surface area contributed by atoms with Crippen LogP contribution in [0.2, 0.25) is 0 Å². The van der Waals surface area contributed by atoms with Crippen LogP contribution in [0, 0.1) is 6.92 Å². The number of carbonyl (C=O) groups excluding carboxylic acids is 1. The van der Waals surface area contributed by atoms with Crippen LogP contribution in [0.25, 0.3) is 0 Å². The first kappa shape index (κ1) is 17.9. The summed E-state index contributed by atoms with van der Waals surface area (Å²) in [5.74, 6) is -0.153. The third-order valence-electron chi connectivity index (χ3n) is 3.67. The van der Waals surface area contributed by atoms with Crippen LogP contribution in [0.5, 0.6) is 0 Å². The molecule has 1 heterocycles. The molecule has 1 unspecified atom stereocenters. The first-order valence-electron chi connectivity index (χ1n) is 7.74. The second-order valence-corrected chi connectivity index (χ2v) is 7.90. The van der Waals surface area contributed by atoms with Gasteiger partial charge in [-0.15, -0.1) is 0 Å². The number of hydrogen-bond donors (Lipinski definition) is 1. The van der Waals surface area contributed by atoms with E-state index in [0.29, 0.717) is 25.3 Å². The first-order chi connectivity index (χ1) is 10.7. The van der Waals surface area contributed by atoms with Crippen molar-refractivity contribution in [2.75, 3.05) is 19.7 Å². The Morgan fingerprint density at radius 1 is 1.39 bits per heavy atom. The maximum absolute atomic E-state index is 12.7. The SMILES string of the molecule is Cc1ccc(S(=O)(=O)NC(C)C)cc1C(=O)N1CCOC(C)C1. The molecule has 7 heteroatoms. The Morgan fingerprint density at radius 3 is 2.70 bits per heavy atom. The first-order valence-corrected chi connectivity index (χ1v) is 9.23. The van der Waals surface area contributed by atoms with Crippen molar-refractivity contribution in [3.05, 3.63) is 29.3 Å². The van der Waals surface area contributed by atoms with Crippen molar-refractivity contribution in [2.45, 2.75) is 44.7 Å². The molecule has 1 aromatic rings. The fraction of sp³-hybridized carbons (Fsp3) is 0.562. The summed E-state index contributed by atoms with van der Waals surface area (Å²) < 4.78 is 32.6. The molecule has 1 atom stereocenters. The van der Waals surface area contributed by atoms with Crippen LogP contribution in [0.3, 0.4) is 0 Å². The monoisotopic (exact) mass is 340 g/mol. The van der Waals surface area contributed by atoms with Crippen LogP contribution in [0.4, 0.5) is 0 Å². The van der Waals surface area contributed by atoms with Gasteiger partial charge in [-0.1, -0.05) is 6.07 Å². The van der Waals surface area contributed by atoms with E-state index in [2.05, 4.69) is 4.72 Å². The molecule has 23 heavy (non-hydrogen) atoms. The Kier molecular flexibility index (Phi) is 5.44. The molecule has 1 fully saturated rings. The van der Waals surface area contributed by atoms with Crippen molar-refractivity contribution in [2.24, 2.45) is 0 Å². The average Bonchev–Trinajstić information content (AvgIpc) is 2.45. The lowest BCUT2D eigenvalue weighted by Gasteiger charge is -2.31. The summed E-state index contributed by atoms with van der Waals surface area (Å²) in [5.41, 5.74) is 1.18. The zero-order valence-electron chi connectivity index (χ0n) is 14.0. The lowest BCUT2D eigenvalue weighted by molar-refractivity contribution is -0.0124. The number of sulfonamides is 1. The minimum Gasteiger partial charge on any atom is -0.375 e. The maximum Gasteiger partial charge on any atom is 0.254 e. The van der Waals surface area contributed by atoms with Crippen molar-refractivity contribution < 1.29 is 17.9 Å². The van der Waals surface area contributed by atoms with Gasteiger partial charge in [0, 0.05) is 24.7 Å². The van der Waals surface area contributed by atoms with Crippen LogP contribution < -0.4 is 4.72 Å². The van der Waals surface area contributed by atoms with E-state index in [1.54, 1.807) is 24.8 Å². The number of benzene rings is 1. The van der Waals surface area contributed by atoms with Gasteiger partial charge in [0.25, 0.3) is 5.91 Å². The maximum atomic E-state index is 12.7. The van der Waals surface area contributed by atoms with Gasteiger partial charge in [-0.25, -0.2) is 13.1 Å². The van der Waals surface area contributed by atoms with E-state index >= 15 is 0 Å². The summed E-state index contributed by atoms with van der Waals surface area (Å²) in [6, 6.07) is 4.45. The number of aryl methyl sites for hydroxylation is 1. The fourth-order valence-electron chi connectivity index (χ4n) is 2.55. The zero-order chi connectivity index (χ0) is 17.2. The van der Waals surface area contributed by atoms with Crippen molar-refractivity contribution in [3.8, 4) is 0 Å². The Bertz CT molecular complexity index is 685. The number of amides is 1. The highest BCUT2D eigenvalue weighted by atomic mass is 32.2. The van der Waals surface area contributed by atoms with E-state index < -0.39 is 10.0 Å². The summed E-state index contributed by atoms with van der Waals surface area (Å²) in [6.07, 6.45) is -0.0115. The van der Waals surface area contributed by atoms with Gasteiger partial charge in [0.1, 0.15) is 0 Å². The number of carbonyl (C=O) groups is 1. The van der Waals surface area contributed by atoms with Crippen molar-refractivity contribution in [1.82, 2.24) is 9.62 Å². The summed E-state index contributed by atoms with van der Waals surface area (Å²) in [7, 11) is -3.62. The second-order valence-electron chi connectivity index (χ2n) is 6.19. The molecule has 128 valence electrons. The summed E-state index contributed by atoms with van der Waals surface area (Å²) in [6.45, 7) is 8.77. The van der Waals surface area contributed by atoms with Crippen LogP contribution in [0.15, 0.2) is 23.1 Å². The lowest BCUT2D eigenvalue weighted by atomic mass is 10.1. The third kappa shape index (κ3) is 4.31. The smallest absolute Gasteiger partial charge is 0.254 e. The normalized spacial score (nSPS) is 19.2. The molecule has 0 radical (unpaired) electrons. The molecule has 0 spiro atoms. The highest BCUT2D eigenvalue weighted by Gasteiger charge is 2.25. The molecular weight excluding hydrogens is 316 g/mol. The van der Waals surface area contributed by atoms with Crippen LogP contribution in [-0.2, 0) is 14.8 Å². The van der Waals surface area contributed by atoms with Crippen molar-refractivity contribution in [3.63, 3.8) is 0 Å². The molecule has 1 amide bonds. The Hall–Kier alpha value is -1.44. The van der Waals surface area contributed by atoms with Gasteiger partial charge in [-0.05, 0) is 45.4 Å². The fourth-order valence-corrected chi connectivity index (χ4v) is 3.83. The van der Waals surface area contributed by atoms with Crippen molar-refractivity contribution >= 4 is 15.9 Å². The lowest BCUT2D eigenvalue weighted by Crippen LogP contribution is -2.44. The Balaban J connectivity index is 2.32. The molecule has 0 bridgehead atoms. The topological polar surface area (TPSA) is 75.7 Å². The van der Waals surface area contributed by atoms with E-state index in [0.717, 1.165) is 5.56 Å². The summed E-state index contributed by atoms with van der Waals surface area (Å²) >= 11 is 0. The number of morpholine rings is 1. The third-order valence-corrected chi connectivity index (χ3v) is 5.33. The minimum absolute atomic E-state index is 0.0115. The summed E-state index contributed by atoms with van der Waals surface area (Å²) in [5, 5.41) is 0. The average molecular weight is 340 g/mol.